The molecule has 0 aliphatic carbocycles. The van der Waals surface area contributed by atoms with Crippen LogP contribution < -0.4 is 10.1 Å². The molecule has 2 aromatic rings. The Morgan fingerprint density at radius 3 is 2.48 bits per heavy atom. The van der Waals surface area contributed by atoms with Crippen LogP contribution in [0.25, 0.3) is 0 Å². The highest BCUT2D eigenvalue weighted by atomic mass is 35.5. The zero-order valence-corrected chi connectivity index (χ0v) is 13.2. The minimum Gasteiger partial charge on any atom is -0.479 e. The van der Waals surface area contributed by atoms with Crippen molar-refractivity contribution in [3.05, 3.63) is 57.8 Å². The molecule has 0 heterocycles. The van der Waals surface area contributed by atoms with Gasteiger partial charge in [-0.2, -0.15) is 0 Å². The largest absolute Gasteiger partial charge is 0.479 e. The Morgan fingerprint density at radius 2 is 1.83 bits per heavy atom. The number of rotatable bonds is 4. The van der Waals surface area contributed by atoms with Crippen LogP contribution in [0.3, 0.4) is 0 Å². The van der Waals surface area contributed by atoms with E-state index in [0.29, 0.717) is 11.1 Å². The number of benzene rings is 2. The zero-order valence-electron chi connectivity index (χ0n) is 11.7. The normalized spacial score (nSPS) is 11.9. The lowest BCUT2D eigenvalue weighted by atomic mass is 10.2. The van der Waals surface area contributed by atoms with Crippen molar-refractivity contribution in [2.24, 2.45) is 0 Å². The van der Waals surface area contributed by atoms with Crippen molar-refractivity contribution in [3.8, 4) is 5.75 Å². The average Bonchev–Trinajstić information content (AvgIpc) is 2.50. The SMILES string of the molecule is C[C@@H](Oc1ccc(Cl)cc1Cl)C(=O)Nc1ccc(F)c(F)c1F. The molecule has 3 nitrogen and oxygen atoms in total. The highest BCUT2D eigenvalue weighted by Crippen LogP contribution is 2.28. The van der Waals surface area contributed by atoms with E-state index in [-0.39, 0.29) is 10.8 Å². The third-order valence-corrected chi connectivity index (χ3v) is 3.39. The number of ether oxygens (including phenoxy) is 1. The van der Waals surface area contributed by atoms with Gasteiger partial charge in [-0.15, -0.1) is 0 Å². The Morgan fingerprint density at radius 1 is 1.13 bits per heavy atom. The number of nitrogens with one attached hydrogen (secondary N) is 1. The first-order valence-corrected chi connectivity index (χ1v) is 7.11. The van der Waals surface area contributed by atoms with Gasteiger partial charge in [-0.3, -0.25) is 4.79 Å². The van der Waals surface area contributed by atoms with Gasteiger partial charge in [0.05, 0.1) is 10.7 Å². The third-order valence-electron chi connectivity index (χ3n) is 2.86. The fraction of sp³-hybridized carbons (Fsp3) is 0.133. The van der Waals surface area contributed by atoms with E-state index in [1.165, 1.54) is 25.1 Å². The Balaban J connectivity index is 2.10. The minimum atomic E-state index is -1.67. The molecular weight excluding hydrogens is 354 g/mol. The number of anilines is 1. The molecule has 0 aliphatic heterocycles. The van der Waals surface area contributed by atoms with Crippen LogP contribution >= 0.6 is 23.2 Å². The van der Waals surface area contributed by atoms with Gasteiger partial charge in [0.2, 0.25) is 0 Å². The van der Waals surface area contributed by atoms with Crippen molar-refractivity contribution in [2.75, 3.05) is 5.32 Å². The minimum absolute atomic E-state index is 0.191. The molecule has 1 atom stereocenters. The molecule has 2 rings (SSSR count). The van der Waals surface area contributed by atoms with Crippen molar-refractivity contribution in [3.63, 3.8) is 0 Å². The van der Waals surface area contributed by atoms with Crippen molar-refractivity contribution >= 4 is 34.8 Å². The monoisotopic (exact) mass is 363 g/mol. The highest BCUT2D eigenvalue weighted by Gasteiger charge is 2.20. The second-order valence-electron chi connectivity index (χ2n) is 4.55. The predicted molar refractivity (Wildman–Crippen MR) is 81.5 cm³/mol. The molecule has 0 unspecified atom stereocenters. The summed E-state index contributed by atoms with van der Waals surface area (Å²) in [6.07, 6.45) is -1.07. The molecule has 0 saturated heterocycles. The van der Waals surface area contributed by atoms with Crippen molar-refractivity contribution in [2.45, 2.75) is 13.0 Å². The van der Waals surface area contributed by atoms with E-state index in [2.05, 4.69) is 5.32 Å². The molecule has 1 amide bonds. The molecule has 122 valence electrons. The highest BCUT2D eigenvalue weighted by molar-refractivity contribution is 6.35. The van der Waals surface area contributed by atoms with Gasteiger partial charge in [0.15, 0.2) is 23.6 Å². The van der Waals surface area contributed by atoms with E-state index in [0.717, 1.165) is 6.07 Å². The lowest BCUT2D eigenvalue weighted by Crippen LogP contribution is -2.30. The van der Waals surface area contributed by atoms with E-state index in [4.69, 9.17) is 27.9 Å². The Labute approximate surface area is 140 Å². The third kappa shape index (κ3) is 4.09. The first kappa shape index (κ1) is 17.4. The van der Waals surface area contributed by atoms with E-state index < -0.39 is 35.2 Å². The molecule has 0 radical (unpaired) electrons. The maximum absolute atomic E-state index is 13.5. The first-order chi connectivity index (χ1) is 10.8. The molecule has 0 aliphatic rings. The Hall–Kier alpha value is -1.92. The molecule has 0 spiro atoms. The summed E-state index contributed by atoms with van der Waals surface area (Å²) in [6, 6.07) is 6.02. The fourth-order valence-electron chi connectivity index (χ4n) is 1.67. The van der Waals surface area contributed by atoms with Crippen LogP contribution in [0.4, 0.5) is 18.9 Å². The maximum atomic E-state index is 13.5. The molecule has 1 N–H and O–H groups in total. The zero-order chi connectivity index (χ0) is 17.1. The molecular formula is C15H10Cl2F3NO2. The number of hydrogen-bond acceptors (Lipinski definition) is 2. The summed E-state index contributed by atoms with van der Waals surface area (Å²) in [6.45, 7) is 1.39. The number of amides is 1. The standard InChI is InChI=1S/C15H10Cl2F3NO2/c1-7(23-12-5-2-8(16)6-9(12)17)15(22)21-11-4-3-10(18)13(19)14(11)20/h2-7H,1H3,(H,21,22)/t7-/m1/s1. The van der Waals surface area contributed by atoms with E-state index in [1.54, 1.807) is 0 Å². The second-order valence-corrected chi connectivity index (χ2v) is 5.39. The van der Waals surface area contributed by atoms with Gasteiger partial charge in [-0.1, -0.05) is 23.2 Å². The van der Waals surface area contributed by atoms with E-state index in [1.807, 2.05) is 0 Å². The molecule has 0 saturated carbocycles. The van der Waals surface area contributed by atoms with Gasteiger partial charge >= 0.3 is 0 Å². The van der Waals surface area contributed by atoms with Crippen LogP contribution in [-0.4, -0.2) is 12.0 Å². The van der Waals surface area contributed by atoms with Crippen molar-refractivity contribution in [1.82, 2.24) is 0 Å². The summed E-state index contributed by atoms with van der Waals surface area (Å²) in [5.74, 6) is -5.07. The van der Waals surface area contributed by atoms with E-state index >= 15 is 0 Å². The smallest absolute Gasteiger partial charge is 0.265 e. The summed E-state index contributed by atoms with van der Waals surface area (Å²) in [5.41, 5.74) is -0.494. The van der Waals surface area contributed by atoms with Crippen molar-refractivity contribution in [1.29, 1.82) is 0 Å². The predicted octanol–water partition coefficient (Wildman–Crippen LogP) is 4.82. The van der Waals surface area contributed by atoms with Gasteiger partial charge < -0.3 is 10.1 Å². The van der Waals surface area contributed by atoms with Gasteiger partial charge in [0.1, 0.15) is 5.75 Å². The molecule has 0 bridgehead atoms. The van der Waals surface area contributed by atoms with Gasteiger partial charge in [0, 0.05) is 5.02 Å². The van der Waals surface area contributed by atoms with Crippen LogP contribution in [0.1, 0.15) is 6.92 Å². The van der Waals surface area contributed by atoms with E-state index in [9.17, 15) is 18.0 Å². The maximum Gasteiger partial charge on any atom is 0.265 e. The number of carbonyl (C=O) groups excluding carboxylic acids is 1. The van der Waals surface area contributed by atoms with Crippen LogP contribution in [-0.2, 0) is 4.79 Å². The van der Waals surface area contributed by atoms with Crippen molar-refractivity contribution < 1.29 is 22.7 Å². The fourth-order valence-corrected chi connectivity index (χ4v) is 2.12. The quantitative estimate of drug-likeness (QED) is 0.791. The van der Waals surface area contributed by atoms with Gasteiger partial charge in [0.25, 0.3) is 5.91 Å². The molecule has 23 heavy (non-hydrogen) atoms. The lowest BCUT2D eigenvalue weighted by Gasteiger charge is -2.16. The number of carbonyl (C=O) groups is 1. The molecule has 0 fully saturated rings. The van der Waals surface area contributed by atoms with Gasteiger partial charge in [-0.05, 0) is 37.3 Å². The summed E-state index contributed by atoms with van der Waals surface area (Å²) in [7, 11) is 0. The number of hydrogen-bond donors (Lipinski definition) is 1. The summed E-state index contributed by atoms with van der Waals surface area (Å²) < 4.78 is 44.8. The second kappa shape index (κ2) is 7.10. The number of halogens is 5. The Kier molecular flexibility index (Phi) is 5.38. The lowest BCUT2D eigenvalue weighted by molar-refractivity contribution is -0.122. The van der Waals surface area contributed by atoms with Crippen LogP contribution in [0.15, 0.2) is 30.3 Å². The van der Waals surface area contributed by atoms with Crippen LogP contribution in [0.2, 0.25) is 10.0 Å². The average molecular weight is 364 g/mol. The summed E-state index contributed by atoms with van der Waals surface area (Å²) in [5, 5.41) is 2.70. The molecule has 2 aromatic carbocycles. The molecule has 8 heteroatoms. The van der Waals surface area contributed by atoms with Gasteiger partial charge in [-0.25, -0.2) is 13.2 Å². The molecule has 0 aromatic heterocycles. The van der Waals surface area contributed by atoms with Crippen LogP contribution in [0, 0.1) is 17.5 Å². The van der Waals surface area contributed by atoms with Crippen LogP contribution in [0.5, 0.6) is 5.75 Å². The Bertz CT molecular complexity index is 756. The first-order valence-electron chi connectivity index (χ1n) is 6.35. The topological polar surface area (TPSA) is 38.3 Å². The summed E-state index contributed by atoms with van der Waals surface area (Å²) in [4.78, 5) is 12.0. The summed E-state index contributed by atoms with van der Waals surface area (Å²) >= 11 is 11.7.